The van der Waals surface area contributed by atoms with Crippen molar-refractivity contribution in [1.29, 1.82) is 0 Å². The lowest BCUT2D eigenvalue weighted by Crippen LogP contribution is -2.46. The summed E-state index contributed by atoms with van der Waals surface area (Å²) in [5.74, 6) is 1.41. The number of methoxy groups -OCH3 is 2. The molecule has 0 aliphatic carbocycles. The van der Waals surface area contributed by atoms with E-state index in [2.05, 4.69) is 0 Å². The van der Waals surface area contributed by atoms with E-state index >= 15 is 0 Å². The van der Waals surface area contributed by atoms with Crippen LogP contribution in [0.1, 0.15) is 10.4 Å². The largest absolute Gasteiger partial charge is 0.497 e. The van der Waals surface area contributed by atoms with Gasteiger partial charge in [-0.3, -0.25) is 4.79 Å². The molecule has 4 rings (SSSR count). The van der Waals surface area contributed by atoms with Crippen LogP contribution in [0.3, 0.4) is 0 Å². The van der Waals surface area contributed by atoms with Crippen molar-refractivity contribution in [2.24, 2.45) is 0 Å². The van der Waals surface area contributed by atoms with E-state index in [0.29, 0.717) is 25.3 Å². The number of ether oxygens (including phenoxy) is 3. The average Bonchev–Trinajstić information content (AvgIpc) is 2.82. The normalized spacial score (nSPS) is 16.5. The van der Waals surface area contributed by atoms with Crippen LogP contribution in [0, 0.1) is 0 Å². The van der Waals surface area contributed by atoms with Gasteiger partial charge in [-0.2, -0.15) is 0 Å². The third-order valence-electron chi connectivity index (χ3n) is 5.46. The van der Waals surface area contributed by atoms with Gasteiger partial charge in [-0.25, -0.2) is 0 Å². The minimum atomic E-state index is -0.322. The predicted octanol–water partition coefficient (Wildman–Crippen LogP) is 3.36. The molecule has 0 unspecified atom stereocenters. The summed E-state index contributed by atoms with van der Waals surface area (Å²) in [5.41, 5.74) is 2.61. The Morgan fingerprint density at radius 2 is 1.97 bits per heavy atom. The molecule has 1 aliphatic rings. The van der Waals surface area contributed by atoms with Gasteiger partial charge in [0.25, 0.3) is 5.91 Å². The smallest absolute Gasteiger partial charge is 0.254 e. The van der Waals surface area contributed by atoms with E-state index in [1.165, 1.54) is 0 Å². The van der Waals surface area contributed by atoms with Crippen molar-refractivity contribution < 1.29 is 24.1 Å². The molecular weight excluding hydrogens is 382 g/mol. The van der Waals surface area contributed by atoms with Crippen molar-refractivity contribution >= 4 is 16.7 Å². The Morgan fingerprint density at radius 3 is 2.73 bits per heavy atom. The third kappa shape index (κ3) is 3.84. The van der Waals surface area contributed by atoms with E-state index in [4.69, 9.17) is 14.2 Å². The van der Waals surface area contributed by atoms with E-state index < -0.39 is 0 Å². The minimum Gasteiger partial charge on any atom is -0.497 e. The SMILES string of the molecule is COc1ccc(-c2cccc3cc(C(=O)N4CCO[C@H](CO)C4)ccc23)c(OC)c1. The van der Waals surface area contributed by atoms with Crippen molar-refractivity contribution in [1.82, 2.24) is 4.90 Å². The quantitative estimate of drug-likeness (QED) is 0.703. The van der Waals surface area contributed by atoms with Gasteiger partial charge in [0.05, 0.1) is 33.5 Å². The molecule has 1 saturated heterocycles. The van der Waals surface area contributed by atoms with Gasteiger partial charge in [-0.1, -0.05) is 24.3 Å². The molecule has 30 heavy (non-hydrogen) atoms. The summed E-state index contributed by atoms with van der Waals surface area (Å²) in [7, 11) is 3.27. The second-order valence-electron chi connectivity index (χ2n) is 7.23. The van der Waals surface area contributed by atoms with Gasteiger partial charge in [0.2, 0.25) is 0 Å². The highest BCUT2D eigenvalue weighted by molar-refractivity contribution is 6.03. The van der Waals surface area contributed by atoms with Crippen LogP contribution in [0.2, 0.25) is 0 Å². The van der Waals surface area contributed by atoms with Crippen LogP contribution in [0.5, 0.6) is 11.5 Å². The fourth-order valence-corrected chi connectivity index (χ4v) is 3.87. The Balaban J connectivity index is 1.70. The lowest BCUT2D eigenvalue weighted by Gasteiger charge is -2.32. The predicted molar refractivity (Wildman–Crippen MR) is 115 cm³/mol. The van der Waals surface area contributed by atoms with Gasteiger partial charge in [0, 0.05) is 30.3 Å². The number of carbonyl (C=O) groups is 1. The molecule has 1 fully saturated rings. The highest BCUT2D eigenvalue weighted by atomic mass is 16.5. The monoisotopic (exact) mass is 407 g/mol. The number of rotatable bonds is 5. The van der Waals surface area contributed by atoms with Gasteiger partial charge in [-0.05, 0) is 40.6 Å². The maximum absolute atomic E-state index is 13.0. The summed E-state index contributed by atoms with van der Waals surface area (Å²) >= 11 is 0. The van der Waals surface area contributed by atoms with Gasteiger partial charge >= 0.3 is 0 Å². The molecule has 3 aromatic carbocycles. The molecule has 6 heteroatoms. The lowest BCUT2D eigenvalue weighted by atomic mass is 9.96. The number of aliphatic hydroxyl groups excluding tert-OH is 1. The van der Waals surface area contributed by atoms with E-state index in [1.807, 2.05) is 54.6 Å². The highest BCUT2D eigenvalue weighted by Gasteiger charge is 2.24. The molecule has 156 valence electrons. The standard InChI is InChI=1S/C24H25NO5/c1-28-18-7-9-22(23(13-18)29-2)21-5-3-4-16-12-17(6-8-20(16)21)24(27)25-10-11-30-19(14-25)15-26/h3-9,12-13,19,26H,10-11,14-15H2,1-2H3/t19-/m0/s1. The van der Waals surface area contributed by atoms with Crippen LogP contribution in [0.25, 0.3) is 21.9 Å². The van der Waals surface area contributed by atoms with Crippen molar-refractivity contribution in [2.75, 3.05) is 40.5 Å². The second kappa shape index (κ2) is 8.73. The first-order valence-corrected chi connectivity index (χ1v) is 9.91. The van der Waals surface area contributed by atoms with Crippen molar-refractivity contribution in [3.05, 3.63) is 60.2 Å². The zero-order chi connectivity index (χ0) is 21.1. The highest BCUT2D eigenvalue weighted by Crippen LogP contribution is 2.37. The zero-order valence-electron chi connectivity index (χ0n) is 17.1. The Bertz CT molecular complexity index is 1060. The fraction of sp³-hybridized carbons (Fsp3) is 0.292. The lowest BCUT2D eigenvalue weighted by molar-refractivity contribution is -0.0447. The molecule has 0 bridgehead atoms. The molecule has 6 nitrogen and oxygen atoms in total. The van der Waals surface area contributed by atoms with Gasteiger partial charge in [0.1, 0.15) is 11.5 Å². The number of hydrogen-bond donors (Lipinski definition) is 1. The molecule has 1 N–H and O–H groups in total. The Morgan fingerprint density at radius 1 is 1.10 bits per heavy atom. The number of nitrogens with zero attached hydrogens (tertiary/aromatic N) is 1. The van der Waals surface area contributed by atoms with Crippen molar-refractivity contribution in [3.63, 3.8) is 0 Å². The van der Waals surface area contributed by atoms with Crippen LogP contribution < -0.4 is 9.47 Å². The van der Waals surface area contributed by atoms with Crippen molar-refractivity contribution in [2.45, 2.75) is 6.10 Å². The van der Waals surface area contributed by atoms with Crippen LogP contribution >= 0.6 is 0 Å². The summed E-state index contributed by atoms with van der Waals surface area (Å²) < 4.78 is 16.3. The third-order valence-corrected chi connectivity index (χ3v) is 5.46. The van der Waals surface area contributed by atoms with Crippen LogP contribution in [-0.2, 0) is 4.74 Å². The summed E-state index contributed by atoms with van der Waals surface area (Å²) in [6, 6.07) is 17.5. The summed E-state index contributed by atoms with van der Waals surface area (Å²) in [4.78, 5) is 14.7. The van der Waals surface area contributed by atoms with Gasteiger partial charge < -0.3 is 24.2 Å². The summed E-state index contributed by atoms with van der Waals surface area (Å²) in [6.07, 6.45) is -0.322. The zero-order valence-corrected chi connectivity index (χ0v) is 17.1. The summed E-state index contributed by atoms with van der Waals surface area (Å²) in [5, 5.41) is 11.3. The molecule has 1 atom stereocenters. The fourth-order valence-electron chi connectivity index (χ4n) is 3.87. The van der Waals surface area contributed by atoms with E-state index in [9.17, 15) is 9.90 Å². The molecule has 0 radical (unpaired) electrons. The van der Waals surface area contributed by atoms with Crippen LogP contribution in [0.4, 0.5) is 0 Å². The Labute approximate surface area is 175 Å². The van der Waals surface area contributed by atoms with Crippen LogP contribution in [-0.4, -0.2) is 62.5 Å². The molecule has 1 amide bonds. The van der Waals surface area contributed by atoms with Crippen LogP contribution in [0.15, 0.2) is 54.6 Å². The molecular formula is C24H25NO5. The Hall–Kier alpha value is -3.09. The minimum absolute atomic E-state index is 0.0499. The maximum atomic E-state index is 13.0. The number of morpholine rings is 1. The first-order chi connectivity index (χ1) is 14.6. The van der Waals surface area contributed by atoms with E-state index in [0.717, 1.165) is 33.4 Å². The van der Waals surface area contributed by atoms with Gasteiger partial charge in [0.15, 0.2) is 0 Å². The number of amides is 1. The second-order valence-corrected chi connectivity index (χ2v) is 7.23. The maximum Gasteiger partial charge on any atom is 0.254 e. The molecule has 0 spiro atoms. The number of hydrogen-bond acceptors (Lipinski definition) is 5. The van der Waals surface area contributed by atoms with E-state index in [1.54, 1.807) is 19.1 Å². The Kier molecular flexibility index (Phi) is 5.88. The molecule has 0 saturated carbocycles. The first-order valence-electron chi connectivity index (χ1n) is 9.91. The number of fused-ring (bicyclic) bond motifs is 1. The number of aliphatic hydroxyl groups is 1. The number of benzene rings is 3. The van der Waals surface area contributed by atoms with E-state index in [-0.39, 0.29) is 18.6 Å². The first kappa shape index (κ1) is 20.2. The topological polar surface area (TPSA) is 68.2 Å². The van der Waals surface area contributed by atoms with Gasteiger partial charge in [-0.15, -0.1) is 0 Å². The number of carbonyl (C=O) groups excluding carboxylic acids is 1. The molecule has 1 aliphatic heterocycles. The average molecular weight is 407 g/mol. The molecule has 1 heterocycles. The molecule has 3 aromatic rings. The summed E-state index contributed by atoms with van der Waals surface area (Å²) in [6.45, 7) is 1.27. The molecule has 0 aromatic heterocycles. The van der Waals surface area contributed by atoms with Crippen molar-refractivity contribution in [3.8, 4) is 22.6 Å².